The maximum absolute atomic E-state index is 13.5. The summed E-state index contributed by atoms with van der Waals surface area (Å²) in [6.07, 6.45) is 1.47. The van der Waals surface area contributed by atoms with E-state index in [0.29, 0.717) is 12.2 Å². The summed E-state index contributed by atoms with van der Waals surface area (Å²) in [5.41, 5.74) is 5.29. The Labute approximate surface area is 186 Å². The van der Waals surface area contributed by atoms with Gasteiger partial charge < -0.3 is 4.74 Å². The number of benzene rings is 3. The quantitative estimate of drug-likeness (QED) is 0.403. The van der Waals surface area contributed by atoms with Gasteiger partial charge in [0, 0.05) is 22.3 Å². The van der Waals surface area contributed by atoms with Crippen molar-refractivity contribution in [2.24, 2.45) is 0 Å². The largest absolute Gasteiger partial charge is 0.455 e. The van der Waals surface area contributed by atoms with Crippen LogP contribution in [0, 0.1) is 6.92 Å². The highest BCUT2D eigenvalue weighted by atomic mass is 16.5. The number of rotatable bonds is 2. The molecule has 0 fully saturated rings. The monoisotopic (exact) mass is 418 g/mol. The molecule has 6 rings (SSSR count). The van der Waals surface area contributed by atoms with Gasteiger partial charge in [-0.3, -0.25) is 4.79 Å². The zero-order valence-corrected chi connectivity index (χ0v) is 17.8. The third-order valence-corrected chi connectivity index (χ3v) is 6.40. The lowest BCUT2D eigenvalue weighted by Crippen LogP contribution is -2.35. The summed E-state index contributed by atoms with van der Waals surface area (Å²) in [5.74, 6) is 0.682. The van der Waals surface area contributed by atoms with Crippen LogP contribution in [-0.2, 0) is 16.9 Å². The third kappa shape index (κ3) is 2.62. The molecule has 1 aliphatic heterocycles. The first-order valence-corrected chi connectivity index (χ1v) is 10.9. The van der Waals surface area contributed by atoms with Crippen LogP contribution < -0.4 is 0 Å². The second-order valence-electron chi connectivity index (χ2n) is 8.35. The number of fused-ring (bicyclic) bond motifs is 2. The van der Waals surface area contributed by atoms with Crippen LogP contribution in [0.15, 0.2) is 96.6 Å². The SMILES string of the molecule is Cc1cc2n(n1)C(c1ccccc1)(c1ccccc1)O/C2=C1\CCc2ccccc2C1=O. The highest BCUT2D eigenvalue weighted by Crippen LogP contribution is 2.48. The first kappa shape index (κ1) is 18.8. The summed E-state index contributed by atoms with van der Waals surface area (Å²) in [6.45, 7) is 1.98. The van der Waals surface area contributed by atoms with Crippen molar-refractivity contribution in [3.05, 3.63) is 130 Å². The van der Waals surface area contributed by atoms with Crippen molar-refractivity contribution in [3.63, 3.8) is 0 Å². The Morgan fingerprint density at radius 1 is 0.844 bits per heavy atom. The average molecular weight is 418 g/mol. The number of ether oxygens (including phenoxy) is 1. The number of aryl methyl sites for hydroxylation is 2. The molecule has 0 atom stereocenters. The normalized spacial score (nSPS) is 18.7. The van der Waals surface area contributed by atoms with E-state index in [1.165, 1.54) is 0 Å². The van der Waals surface area contributed by atoms with Crippen LogP contribution >= 0.6 is 0 Å². The fourth-order valence-corrected chi connectivity index (χ4v) is 4.93. The molecule has 0 unspecified atom stereocenters. The molecule has 156 valence electrons. The molecule has 0 N–H and O–H groups in total. The van der Waals surface area contributed by atoms with Crippen LogP contribution in [0.25, 0.3) is 5.76 Å². The Kier molecular flexibility index (Phi) is 4.15. The zero-order valence-electron chi connectivity index (χ0n) is 17.8. The van der Waals surface area contributed by atoms with Gasteiger partial charge in [0.2, 0.25) is 0 Å². The van der Waals surface area contributed by atoms with Crippen molar-refractivity contribution < 1.29 is 9.53 Å². The van der Waals surface area contributed by atoms with E-state index in [1.54, 1.807) is 0 Å². The number of hydrogen-bond donors (Lipinski definition) is 0. The van der Waals surface area contributed by atoms with Crippen LogP contribution in [0.5, 0.6) is 0 Å². The van der Waals surface area contributed by atoms with E-state index < -0.39 is 5.72 Å². The van der Waals surface area contributed by atoms with Crippen LogP contribution in [0.2, 0.25) is 0 Å². The maximum Gasteiger partial charge on any atom is 0.254 e. The minimum atomic E-state index is -0.967. The van der Waals surface area contributed by atoms with Crippen LogP contribution in [0.4, 0.5) is 0 Å². The van der Waals surface area contributed by atoms with Crippen molar-refractivity contribution in [2.45, 2.75) is 25.5 Å². The summed E-state index contributed by atoms with van der Waals surface area (Å²) in [7, 11) is 0. The van der Waals surface area contributed by atoms with Gasteiger partial charge in [-0.1, -0.05) is 84.9 Å². The molecule has 3 aromatic carbocycles. The third-order valence-electron chi connectivity index (χ3n) is 6.40. The fraction of sp³-hybridized carbons (Fsp3) is 0.143. The molecule has 1 aliphatic carbocycles. The standard InChI is InChI=1S/C28H22N2O2/c1-19-18-25-27(24-17-16-20-10-8-9-15-23(20)26(24)31)32-28(30(25)29-19,21-11-4-2-5-12-21)22-13-6-3-7-14-22/h2-15,18H,16-17H2,1H3/b27-24+. The summed E-state index contributed by atoms with van der Waals surface area (Å²) < 4.78 is 8.82. The smallest absolute Gasteiger partial charge is 0.254 e. The molecular formula is C28H22N2O2. The van der Waals surface area contributed by atoms with Gasteiger partial charge in [0.25, 0.3) is 5.72 Å². The predicted octanol–water partition coefficient (Wildman–Crippen LogP) is 5.51. The lowest BCUT2D eigenvalue weighted by atomic mass is 9.86. The highest BCUT2D eigenvalue weighted by Gasteiger charge is 2.49. The molecule has 0 bridgehead atoms. The maximum atomic E-state index is 13.5. The number of allylic oxidation sites excluding steroid dienone is 1. The van der Waals surface area contributed by atoms with Gasteiger partial charge in [0.05, 0.1) is 5.69 Å². The van der Waals surface area contributed by atoms with Crippen molar-refractivity contribution in [3.8, 4) is 0 Å². The van der Waals surface area contributed by atoms with Crippen molar-refractivity contribution >= 4 is 11.5 Å². The molecule has 4 aromatic rings. The molecule has 2 aliphatic rings. The minimum absolute atomic E-state index is 0.0455. The van der Waals surface area contributed by atoms with Gasteiger partial charge in [0.1, 0.15) is 5.69 Å². The van der Waals surface area contributed by atoms with Gasteiger partial charge in [-0.2, -0.15) is 5.10 Å². The Bertz CT molecular complexity index is 1330. The molecule has 0 radical (unpaired) electrons. The number of carbonyl (C=O) groups is 1. The van der Waals surface area contributed by atoms with Crippen LogP contribution in [-0.4, -0.2) is 15.6 Å². The van der Waals surface area contributed by atoms with Crippen molar-refractivity contribution in [2.75, 3.05) is 0 Å². The number of aromatic nitrogens is 2. The first-order valence-electron chi connectivity index (χ1n) is 10.9. The number of ketones is 1. The van der Waals surface area contributed by atoms with E-state index >= 15 is 0 Å². The minimum Gasteiger partial charge on any atom is -0.455 e. The number of nitrogens with zero attached hydrogens (tertiary/aromatic N) is 2. The first-order chi connectivity index (χ1) is 15.7. The van der Waals surface area contributed by atoms with Gasteiger partial charge in [-0.25, -0.2) is 4.68 Å². The Balaban J connectivity index is 1.62. The van der Waals surface area contributed by atoms with Crippen molar-refractivity contribution in [1.82, 2.24) is 9.78 Å². The zero-order chi connectivity index (χ0) is 21.7. The molecular weight excluding hydrogens is 396 g/mol. The van der Waals surface area contributed by atoms with E-state index in [2.05, 4.69) is 24.3 Å². The van der Waals surface area contributed by atoms with Gasteiger partial charge in [-0.05, 0) is 31.4 Å². The molecule has 2 heterocycles. The van der Waals surface area contributed by atoms with Crippen LogP contribution in [0.3, 0.4) is 0 Å². The topological polar surface area (TPSA) is 44.1 Å². The molecule has 4 nitrogen and oxygen atoms in total. The van der Waals surface area contributed by atoms with E-state index in [4.69, 9.17) is 9.84 Å². The molecule has 1 aromatic heterocycles. The highest BCUT2D eigenvalue weighted by molar-refractivity contribution is 6.14. The van der Waals surface area contributed by atoms with E-state index in [9.17, 15) is 4.79 Å². The van der Waals surface area contributed by atoms with E-state index in [1.807, 2.05) is 78.3 Å². The Morgan fingerprint density at radius 2 is 1.47 bits per heavy atom. The Hall–Kier alpha value is -3.92. The molecule has 0 spiro atoms. The van der Waals surface area contributed by atoms with Gasteiger partial charge in [-0.15, -0.1) is 0 Å². The summed E-state index contributed by atoms with van der Waals surface area (Å²) in [6, 6.07) is 30.1. The molecule has 0 amide bonds. The number of Topliss-reactive ketones (excluding diaryl/α,β-unsaturated/α-hetero) is 1. The Morgan fingerprint density at radius 3 is 2.16 bits per heavy atom. The lowest BCUT2D eigenvalue weighted by Gasteiger charge is -2.31. The fourth-order valence-electron chi connectivity index (χ4n) is 4.93. The average Bonchev–Trinajstić information content (AvgIpc) is 3.37. The summed E-state index contributed by atoms with van der Waals surface area (Å²) in [5, 5.41) is 4.86. The number of carbonyl (C=O) groups excluding carboxylic acids is 1. The summed E-state index contributed by atoms with van der Waals surface area (Å²) in [4.78, 5) is 13.5. The van der Waals surface area contributed by atoms with E-state index in [0.717, 1.165) is 45.6 Å². The van der Waals surface area contributed by atoms with E-state index in [-0.39, 0.29) is 5.78 Å². The summed E-state index contributed by atoms with van der Waals surface area (Å²) >= 11 is 0. The van der Waals surface area contributed by atoms with Crippen LogP contribution in [0.1, 0.15) is 44.9 Å². The lowest BCUT2D eigenvalue weighted by molar-refractivity contribution is 0.0613. The predicted molar refractivity (Wildman–Crippen MR) is 123 cm³/mol. The molecule has 4 heteroatoms. The number of hydrogen-bond acceptors (Lipinski definition) is 3. The van der Waals surface area contributed by atoms with Gasteiger partial charge >= 0.3 is 0 Å². The van der Waals surface area contributed by atoms with Gasteiger partial charge in [0.15, 0.2) is 11.5 Å². The molecule has 0 saturated carbocycles. The second kappa shape index (κ2) is 7.06. The second-order valence-corrected chi connectivity index (χ2v) is 8.35. The molecule has 32 heavy (non-hydrogen) atoms. The molecule has 0 saturated heterocycles. The van der Waals surface area contributed by atoms with Crippen molar-refractivity contribution in [1.29, 1.82) is 0 Å².